The monoisotopic (exact) mass is 316 g/mol. The third kappa shape index (κ3) is 14.5. The molecule has 0 amide bonds. The number of unbranched alkanes of at least 4 members (excludes halogenated alkanes) is 7. The van der Waals surface area contributed by atoms with Gasteiger partial charge in [-0.05, 0) is 19.3 Å². The first-order chi connectivity index (χ1) is 10.7. The van der Waals surface area contributed by atoms with Gasteiger partial charge in [0.05, 0.1) is 25.9 Å². The zero-order valence-electron chi connectivity index (χ0n) is 14.5. The van der Waals surface area contributed by atoms with E-state index in [0.29, 0.717) is 6.61 Å². The fourth-order valence-corrected chi connectivity index (χ4v) is 2.21. The van der Waals surface area contributed by atoms with Crippen LogP contribution in [0.3, 0.4) is 0 Å². The van der Waals surface area contributed by atoms with Crippen LogP contribution >= 0.6 is 0 Å². The predicted molar refractivity (Wildman–Crippen MR) is 91.1 cm³/mol. The van der Waals surface area contributed by atoms with E-state index in [1.54, 1.807) is 7.11 Å². The lowest BCUT2D eigenvalue weighted by Crippen LogP contribution is -2.24. The van der Waals surface area contributed by atoms with E-state index in [1.165, 1.54) is 44.9 Å². The Kier molecular flexibility index (Phi) is 16.6. The lowest BCUT2D eigenvalue weighted by atomic mass is 10.1. The number of aliphatic hydroxyl groups is 2. The molecule has 2 atom stereocenters. The molecule has 2 N–H and O–H groups in total. The lowest BCUT2D eigenvalue weighted by molar-refractivity contribution is -0.0345. The minimum atomic E-state index is -0.801. The van der Waals surface area contributed by atoms with Crippen molar-refractivity contribution in [3.63, 3.8) is 0 Å². The number of ether oxygens (including phenoxy) is 2. The van der Waals surface area contributed by atoms with E-state index in [0.717, 1.165) is 12.8 Å². The van der Waals surface area contributed by atoms with Crippen LogP contribution in [0.4, 0.5) is 0 Å². The van der Waals surface area contributed by atoms with Gasteiger partial charge in [-0.15, -0.1) is 0 Å². The van der Waals surface area contributed by atoms with Crippen molar-refractivity contribution in [3.05, 3.63) is 12.2 Å². The molecule has 0 rings (SSSR count). The number of methoxy groups -OCH3 is 1. The van der Waals surface area contributed by atoms with Crippen molar-refractivity contribution in [2.45, 2.75) is 76.9 Å². The molecule has 0 heterocycles. The van der Waals surface area contributed by atoms with Crippen molar-refractivity contribution in [1.29, 1.82) is 0 Å². The second-order valence-electron chi connectivity index (χ2n) is 5.85. The van der Waals surface area contributed by atoms with E-state index >= 15 is 0 Å². The first-order valence-electron chi connectivity index (χ1n) is 8.79. The predicted octanol–water partition coefficient (Wildman–Crippen LogP) is 3.46. The highest BCUT2D eigenvalue weighted by Gasteiger charge is 2.07. The van der Waals surface area contributed by atoms with Crippen molar-refractivity contribution in [1.82, 2.24) is 0 Å². The van der Waals surface area contributed by atoms with Gasteiger partial charge in [0.15, 0.2) is 0 Å². The van der Waals surface area contributed by atoms with Crippen LogP contribution < -0.4 is 0 Å². The molecule has 0 aromatic carbocycles. The highest BCUT2D eigenvalue weighted by atomic mass is 16.5. The summed E-state index contributed by atoms with van der Waals surface area (Å²) in [4.78, 5) is 0. The first kappa shape index (κ1) is 21.6. The van der Waals surface area contributed by atoms with Gasteiger partial charge in [0, 0.05) is 7.11 Å². The van der Waals surface area contributed by atoms with Crippen molar-refractivity contribution < 1.29 is 19.7 Å². The van der Waals surface area contributed by atoms with Crippen LogP contribution in [0.2, 0.25) is 0 Å². The highest BCUT2D eigenvalue weighted by molar-refractivity contribution is 4.84. The van der Waals surface area contributed by atoms with E-state index in [-0.39, 0.29) is 19.3 Å². The molecule has 132 valence electrons. The summed E-state index contributed by atoms with van der Waals surface area (Å²) < 4.78 is 10.6. The quantitative estimate of drug-likeness (QED) is 0.338. The van der Waals surface area contributed by atoms with Gasteiger partial charge in [-0.2, -0.15) is 0 Å². The Hall–Kier alpha value is -0.420. The van der Waals surface area contributed by atoms with Gasteiger partial charge >= 0.3 is 0 Å². The Labute approximate surface area is 136 Å². The largest absolute Gasteiger partial charge is 0.394 e. The van der Waals surface area contributed by atoms with Crippen LogP contribution in [-0.2, 0) is 9.47 Å². The summed E-state index contributed by atoms with van der Waals surface area (Å²) in [6.07, 6.45) is 14.9. The van der Waals surface area contributed by atoms with Crippen LogP contribution in [0.5, 0.6) is 0 Å². The second-order valence-corrected chi connectivity index (χ2v) is 5.85. The maximum Gasteiger partial charge on any atom is 0.100 e. The van der Waals surface area contributed by atoms with Crippen molar-refractivity contribution >= 4 is 0 Å². The first-order valence-corrected chi connectivity index (χ1v) is 8.79. The maximum absolute atomic E-state index is 9.18. The summed E-state index contributed by atoms with van der Waals surface area (Å²) in [7, 11) is 1.67. The number of hydrogen-bond donors (Lipinski definition) is 2. The molecule has 0 aromatic rings. The topological polar surface area (TPSA) is 58.9 Å². The van der Waals surface area contributed by atoms with Gasteiger partial charge in [0.2, 0.25) is 0 Å². The molecule has 0 bridgehead atoms. The van der Waals surface area contributed by atoms with Gasteiger partial charge in [-0.25, -0.2) is 0 Å². The smallest absolute Gasteiger partial charge is 0.100 e. The molecule has 0 spiro atoms. The third-order valence-electron chi connectivity index (χ3n) is 3.70. The van der Waals surface area contributed by atoms with E-state index < -0.39 is 6.10 Å². The molecule has 0 saturated carbocycles. The molecule has 0 aliphatic carbocycles. The molecule has 22 heavy (non-hydrogen) atoms. The Balaban J connectivity index is 3.47. The molecule has 0 aromatic heterocycles. The average molecular weight is 316 g/mol. The zero-order chi connectivity index (χ0) is 16.5. The summed E-state index contributed by atoms with van der Waals surface area (Å²) >= 11 is 0. The van der Waals surface area contributed by atoms with E-state index in [1.807, 2.05) is 0 Å². The summed E-state index contributed by atoms with van der Waals surface area (Å²) in [5, 5.41) is 17.9. The van der Waals surface area contributed by atoms with Crippen LogP contribution in [0.25, 0.3) is 0 Å². The minimum Gasteiger partial charge on any atom is -0.394 e. The van der Waals surface area contributed by atoms with Crippen molar-refractivity contribution in [2.24, 2.45) is 0 Å². The molecule has 0 aliphatic heterocycles. The van der Waals surface area contributed by atoms with Crippen molar-refractivity contribution in [3.8, 4) is 0 Å². The molecule has 0 saturated heterocycles. The van der Waals surface area contributed by atoms with Crippen LogP contribution in [0, 0.1) is 0 Å². The van der Waals surface area contributed by atoms with Gasteiger partial charge < -0.3 is 19.7 Å². The minimum absolute atomic E-state index is 0.0104. The fraction of sp³-hybridized carbons (Fsp3) is 0.889. The van der Waals surface area contributed by atoms with E-state index in [9.17, 15) is 5.11 Å². The van der Waals surface area contributed by atoms with E-state index in [4.69, 9.17) is 14.6 Å². The van der Waals surface area contributed by atoms with Crippen LogP contribution in [0.15, 0.2) is 12.2 Å². The molecular weight excluding hydrogens is 280 g/mol. The van der Waals surface area contributed by atoms with Gasteiger partial charge in [0.25, 0.3) is 0 Å². The Morgan fingerprint density at radius 2 is 1.64 bits per heavy atom. The zero-order valence-corrected chi connectivity index (χ0v) is 14.5. The molecule has 0 aliphatic rings. The lowest BCUT2D eigenvalue weighted by Gasteiger charge is -2.15. The van der Waals surface area contributed by atoms with Gasteiger partial charge in [-0.1, -0.05) is 57.6 Å². The molecule has 4 heteroatoms. The Morgan fingerprint density at radius 1 is 0.955 bits per heavy atom. The second kappa shape index (κ2) is 16.9. The SMILES string of the molecule is CCCCCCCCC/C=C\C[C@H](COC[C@@H](O)CO)OC. The van der Waals surface area contributed by atoms with Gasteiger partial charge in [-0.3, -0.25) is 0 Å². The Morgan fingerprint density at radius 3 is 2.27 bits per heavy atom. The molecule has 0 unspecified atom stereocenters. The van der Waals surface area contributed by atoms with Crippen LogP contribution in [0.1, 0.15) is 64.7 Å². The third-order valence-corrected chi connectivity index (χ3v) is 3.70. The van der Waals surface area contributed by atoms with Gasteiger partial charge in [0.1, 0.15) is 6.10 Å². The van der Waals surface area contributed by atoms with Crippen molar-refractivity contribution in [2.75, 3.05) is 26.9 Å². The molecule has 4 nitrogen and oxygen atoms in total. The highest BCUT2D eigenvalue weighted by Crippen LogP contribution is 2.09. The summed E-state index contributed by atoms with van der Waals surface area (Å²) in [5.41, 5.74) is 0. The molecule has 0 radical (unpaired) electrons. The number of aliphatic hydroxyl groups excluding tert-OH is 2. The maximum atomic E-state index is 9.18. The van der Waals surface area contributed by atoms with Crippen LogP contribution in [-0.4, -0.2) is 49.4 Å². The summed E-state index contributed by atoms with van der Waals surface area (Å²) in [5.74, 6) is 0. The Bertz CT molecular complexity index is 243. The molecule has 0 fully saturated rings. The summed E-state index contributed by atoms with van der Waals surface area (Å²) in [6.45, 7) is 2.57. The fourth-order valence-electron chi connectivity index (χ4n) is 2.21. The molecular formula is C18H36O4. The number of rotatable bonds is 16. The standard InChI is InChI=1S/C18H36O4/c1-3-4-5-6-7-8-9-10-11-12-13-18(21-2)16-22-15-17(20)14-19/h11-12,17-20H,3-10,13-16H2,1-2H3/b12-11-/t17-,18+/m0/s1. The number of allylic oxidation sites excluding steroid dienone is 1. The summed E-state index contributed by atoms with van der Waals surface area (Å²) in [6, 6.07) is 0. The van der Waals surface area contributed by atoms with E-state index in [2.05, 4.69) is 19.1 Å². The normalized spacial score (nSPS) is 14.5. The number of hydrogen-bond acceptors (Lipinski definition) is 4. The average Bonchev–Trinajstić information content (AvgIpc) is 2.54.